The van der Waals surface area contributed by atoms with E-state index in [-0.39, 0.29) is 16.7 Å². The molecule has 2 rings (SSSR count). The van der Waals surface area contributed by atoms with E-state index in [9.17, 15) is 9.90 Å². The molecule has 0 unspecified atom stereocenters. The van der Waals surface area contributed by atoms with E-state index in [0.717, 1.165) is 0 Å². The summed E-state index contributed by atoms with van der Waals surface area (Å²) in [7, 11) is 0. The van der Waals surface area contributed by atoms with E-state index in [4.69, 9.17) is 16.9 Å². The van der Waals surface area contributed by atoms with Gasteiger partial charge in [-0.15, -0.1) is 0 Å². The van der Waals surface area contributed by atoms with Crippen molar-refractivity contribution in [3.63, 3.8) is 0 Å². The summed E-state index contributed by atoms with van der Waals surface area (Å²) in [4.78, 5) is 12.0. The Morgan fingerprint density at radius 3 is 2.65 bits per heavy atom. The molecule has 0 heterocycles. The minimum Gasteiger partial charge on any atom is -0.507 e. The van der Waals surface area contributed by atoms with E-state index in [0.29, 0.717) is 20.4 Å². The van der Waals surface area contributed by atoms with Crippen LogP contribution < -0.4 is 5.32 Å². The van der Waals surface area contributed by atoms with Gasteiger partial charge in [-0.05, 0) is 59.0 Å². The van der Waals surface area contributed by atoms with Crippen LogP contribution in [0.3, 0.4) is 0 Å². The molecule has 0 atom stereocenters. The molecular formula is C14H8ClIN2O2. The van der Waals surface area contributed by atoms with E-state index in [1.165, 1.54) is 18.2 Å². The van der Waals surface area contributed by atoms with E-state index in [1.807, 2.05) is 28.7 Å². The summed E-state index contributed by atoms with van der Waals surface area (Å²) < 4.78 is 0.667. The maximum absolute atomic E-state index is 12.0. The molecule has 0 aliphatic rings. The molecule has 0 bridgehead atoms. The third-order valence-corrected chi connectivity index (χ3v) is 3.78. The van der Waals surface area contributed by atoms with E-state index < -0.39 is 0 Å². The third kappa shape index (κ3) is 3.21. The maximum Gasteiger partial charge on any atom is 0.255 e. The van der Waals surface area contributed by atoms with Crippen molar-refractivity contribution >= 4 is 45.8 Å². The number of aromatic hydroxyl groups is 1. The second-order valence-electron chi connectivity index (χ2n) is 3.93. The molecule has 2 N–H and O–H groups in total. The summed E-state index contributed by atoms with van der Waals surface area (Å²) in [6, 6.07) is 11.2. The summed E-state index contributed by atoms with van der Waals surface area (Å²) >= 11 is 7.86. The zero-order valence-electron chi connectivity index (χ0n) is 10.0. The Morgan fingerprint density at radius 1 is 1.30 bits per heavy atom. The third-order valence-electron chi connectivity index (χ3n) is 2.56. The first-order valence-corrected chi connectivity index (χ1v) is 6.96. The maximum atomic E-state index is 12.0. The van der Waals surface area contributed by atoms with Gasteiger partial charge in [-0.2, -0.15) is 5.26 Å². The number of carbonyl (C=O) groups is 1. The molecule has 0 saturated heterocycles. The second kappa shape index (κ2) is 6.11. The normalized spacial score (nSPS) is 9.85. The van der Waals surface area contributed by atoms with Gasteiger partial charge in [-0.25, -0.2) is 0 Å². The Kier molecular flexibility index (Phi) is 4.47. The van der Waals surface area contributed by atoms with Gasteiger partial charge in [0.15, 0.2) is 0 Å². The summed E-state index contributed by atoms with van der Waals surface area (Å²) in [5.74, 6) is -0.311. The van der Waals surface area contributed by atoms with Crippen molar-refractivity contribution in [2.45, 2.75) is 0 Å². The lowest BCUT2D eigenvalue weighted by molar-refractivity contribution is 0.102. The first-order chi connectivity index (χ1) is 9.51. The van der Waals surface area contributed by atoms with Crippen LogP contribution in [0.1, 0.15) is 15.9 Å². The van der Waals surface area contributed by atoms with Crippen LogP contribution in [0, 0.1) is 14.9 Å². The zero-order valence-corrected chi connectivity index (χ0v) is 12.9. The lowest BCUT2D eigenvalue weighted by Gasteiger charge is -2.07. The molecule has 0 spiro atoms. The number of anilines is 1. The van der Waals surface area contributed by atoms with E-state index >= 15 is 0 Å². The number of phenolic OH excluding ortho intramolecular Hbond substituents is 1. The number of benzene rings is 2. The number of phenols is 1. The number of hydrogen-bond donors (Lipinski definition) is 2. The average Bonchev–Trinajstić information content (AvgIpc) is 2.42. The predicted molar refractivity (Wildman–Crippen MR) is 84.9 cm³/mol. The quantitative estimate of drug-likeness (QED) is 0.756. The Hall–Kier alpha value is -1.78. The van der Waals surface area contributed by atoms with Crippen LogP contribution in [-0.2, 0) is 0 Å². The fourth-order valence-electron chi connectivity index (χ4n) is 1.54. The molecule has 2 aromatic carbocycles. The number of carbonyl (C=O) groups excluding carboxylic acids is 1. The first-order valence-electron chi connectivity index (χ1n) is 5.51. The summed E-state index contributed by atoms with van der Waals surface area (Å²) in [5.41, 5.74) is 1.16. The van der Waals surface area contributed by atoms with Gasteiger partial charge in [0.05, 0.1) is 14.2 Å². The highest BCUT2D eigenvalue weighted by Crippen LogP contribution is 2.23. The monoisotopic (exact) mass is 398 g/mol. The topological polar surface area (TPSA) is 73.1 Å². The van der Waals surface area contributed by atoms with Crippen molar-refractivity contribution in [3.8, 4) is 11.8 Å². The van der Waals surface area contributed by atoms with Gasteiger partial charge >= 0.3 is 0 Å². The molecule has 2 aromatic rings. The van der Waals surface area contributed by atoms with Crippen molar-refractivity contribution in [1.29, 1.82) is 5.26 Å². The largest absolute Gasteiger partial charge is 0.507 e. The zero-order chi connectivity index (χ0) is 14.7. The molecule has 0 aromatic heterocycles. The lowest BCUT2D eigenvalue weighted by Crippen LogP contribution is -2.11. The standard InChI is InChI=1S/C14H8ClIN2O2/c15-11-6-10(3-1-9(11)7-17)18-14(20)8-2-4-12(16)13(19)5-8/h1-6,19H,(H,18,20). The highest BCUT2D eigenvalue weighted by atomic mass is 127. The van der Waals surface area contributed by atoms with Crippen molar-refractivity contribution in [1.82, 2.24) is 0 Å². The van der Waals surface area contributed by atoms with Crippen molar-refractivity contribution in [2.75, 3.05) is 5.32 Å². The fourth-order valence-corrected chi connectivity index (χ4v) is 2.10. The molecular weight excluding hydrogens is 391 g/mol. The number of rotatable bonds is 2. The number of nitrogens with one attached hydrogen (secondary N) is 1. The first kappa shape index (κ1) is 14.6. The number of nitriles is 1. The fraction of sp³-hybridized carbons (Fsp3) is 0. The van der Waals surface area contributed by atoms with Gasteiger partial charge in [0.2, 0.25) is 0 Å². The van der Waals surface area contributed by atoms with Crippen molar-refractivity contribution in [3.05, 3.63) is 56.1 Å². The highest BCUT2D eigenvalue weighted by molar-refractivity contribution is 14.1. The Balaban J connectivity index is 2.21. The Bertz CT molecular complexity index is 726. The lowest BCUT2D eigenvalue weighted by atomic mass is 10.2. The number of amides is 1. The molecule has 0 aliphatic heterocycles. The minimum atomic E-state index is -0.363. The highest BCUT2D eigenvalue weighted by Gasteiger charge is 2.09. The molecule has 0 aliphatic carbocycles. The SMILES string of the molecule is N#Cc1ccc(NC(=O)c2ccc(I)c(O)c2)cc1Cl. The Morgan fingerprint density at radius 2 is 2.05 bits per heavy atom. The van der Waals surface area contributed by atoms with E-state index in [2.05, 4.69) is 5.32 Å². The van der Waals surface area contributed by atoms with Gasteiger partial charge in [0.25, 0.3) is 5.91 Å². The van der Waals surface area contributed by atoms with Crippen LogP contribution >= 0.6 is 34.2 Å². The molecule has 4 nitrogen and oxygen atoms in total. The molecule has 6 heteroatoms. The molecule has 20 heavy (non-hydrogen) atoms. The summed E-state index contributed by atoms with van der Waals surface area (Å²) in [5, 5.41) is 21.3. The van der Waals surface area contributed by atoms with Gasteiger partial charge in [0, 0.05) is 11.3 Å². The summed E-state index contributed by atoms with van der Waals surface area (Å²) in [6.45, 7) is 0. The van der Waals surface area contributed by atoms with Crippen LogP contribution in [-0.4, -0.2) is 11.0 Å². The molecule has 0 saturated carbocycles. The van der Waals surface area contributed by atoms with E-state index in [1.54, 1.807) is 18.2 Å². The molecule has 0 fully saturated rings. The van der Waals surface area contributed by atoms with Gasteiger partial charge in [-0.1, -0.05) is 11.6 Å². The van der Waals surface area contributed by atoms with Crippen LogP contribution in [0.5, 0.6) is 5.75 Å². The van der Waals surface area contributed by atoms with Gasteiger partial charge < -0.3 is 10.4 Å². The van der Waals surface area contributed by atoms with Crippen LogP contribution in [0.2, 0.25) is 5.02 Å². The van der Waals surface area contributed by atoms with Gasteiger partial charge in [0.1, 0.15) is 11.8 Å². The molecule has 0 radical (unpaired) electrons. The smallest absolute Gasteiger partial charge is 0.255 e. The molecule has 1 amide bonds. The van der Waals surface area contributed by atoms with Gasteiger partial charge in [-0.3, -0.25) is 4.79 Å². The number of nitrogens with zero attached hydrogens (tertiary/aromatic N) is 1. The second-order valence-corrected chi connectivity index (χ2v) is 5.50. The van der Waals surface area contributed by atoms with Crippen LogP contribution in [0.15, 0.2) is 36.4 Å². The van der Waals surface area contributed by atoms with Crippen molar-refractivity contribution < 1.29 is 9.90 Å². The van der Waals surface area contributed by atoms with Crippen molar-refractivity contribution in [2.24, 2.45) is 0 Å². The molecule has 100 valence electrons. The average molecular weight is 399 g/mol. The minimum absolute atomic E-state index is 0.0520. The number of halogens is 2. The Labute approximate surface area is 134 Å². The predicted octanol–water partition coefficient (Wildman–Crippen LogP) is 3.77. The summed E-state index contributed by atoms with van der Waals surface area (Å²) in [6.07, 6.45) is 0. The van der Waals surface area contributed by atoms with Crippen LogP contribution in [0.4, 0.5) is 5.69 Å². The van der Waals surface area contributed by atoms with Crippen LogP contribution in [0.25, 0.3) is 0 Å². The number of hydrogen-bond acceptors (Lipinski definition) is 3.